The highest BCUT2D eigenvalue weighted by atomic mass is 16.5. The van der Waals surface area contributed by atoms with Gasteiger partial charge in [-0.05, 0) is 55.5 Å². The molecule has 1 fully saturated rings. The first kappa shape index (κ1) is 25.4. The zero-order valence-corrected chi connectivity index (χ0v) is 21.9. The predicted molar refractivity (Wildman–Crippen MR) is 147 cm³/mol. The van der Waals surface area contributed by atoms with Gasteiger partial charge in [-0.3, -0.25) is 4.90 Å². The van der Waals surface area contributed by atoms with Crippen LogP contribution in [0.4, 0.5) is 17.1 Å². The molecule has 0 unspecified atom stereocenters. The summed E-state index contributed by atoms with van der Waals surface area (Å²) in [4.78, 5) is 17.4. The van der Waals surface area contributed by atoms with Crippen molar-refractivity contribution < 1.29 is 23.7 Å². The molecular weight excluding hydrogens is 484 g/mol. The van der Waals surface area contributed by atoms with E-state index in [0.29, 0.717) is 24.7 Å². The SMILES string of the molecule is CCOC(=O)C1=NN(c2ccccc2)[C@@H](c2ccc(OC)c(OC)c2)N1c1ccc(N2CCOCC2)cc1. The van der Waals surface area contributed by atoms with E-state index >= 15 is 0 Å². The van der Waals surface area contributed by atoms with Crippen LogP contribution in [-0.4, -0.2) is 58.9 Å². The van der Waals surface area contributed by atoms with Gasteiger partial charge in [0.05, 0.1) is 39.7 Å². The highest BCUT2D eigenvalue weighted by molar-refractivity contribution is 6.42. The highest BCUT2D eigenvalue weighted by Crippen LogP contribution is 2.41. The van der Waals surface area contributed by atoms with Crippen molar-refractivity contribution in [3.05, 3.63) is 78.4 Å². The van der Waals surface area contributed by atoms with Crippen molar-refractivity contribution in [3.8, 4) is 11.5 Å². The molecule has 1 atom stereocenters. The summed E-state index contributed by atoms with van der Waals surface area (Å²) >= 11 is 0. The summed E-state index contributed by atoms with van der Waals surface area (Å²) in [5, 5.41) is 6.64. The van der Waals surface area contributed by atoms with Crippen LogP contribution in [0.1, 0.15) is 18.7 Å². The van der Waals surface area contributed by atoms with Gasteiger partial charge >= 0.3 is 5.97 Å². The summed E-state index contributed by atoms with van der Waals surface area (Å²) in [5.74, 6) is 0.918. The van der Waals surface area contributed by atoms with Gasteiger partial charge in [0, 0.05) is 30.0 Å². The summed E-state index contributed by atoms with van der Waals surface area (Å²) in [5.41, 5.74) is 3.62. The maximum atomic E-state index is 13.2. The topological polar surface area (TPSA) is 76.1 Å². The number of methoxy groups -OCH3 is 2. The molecule has 2 aliphatic heterocycles. The number of nitrogens with zero attached hydrogens (tertiary/aromatic N) is 4. The van der Waals surface area contributed by atoms with E-state index in [-0.39, 0.29) is 12.4 Å². The van der Waals surface area contributed by atoms with Crippen LogP contribution in [0.5, 0.6) is 11.5 Å². The Kier molecular flexibility index (Phi) is 7.65. The molecule has 0 bridgehead atoms. The van der Waals surface area contributed by atoms with Gasteiger partial charge in [-0.2, -0.15) is 0 Å². The van der Waals surface area contributed by atoms with Gasteiger partial charge in [0.2, 0.25) is 5.84 Å². The minimum atomic E-state index is -0.492. The average Bonchev–Trinajstić information content (AvgIpc) is 3.39. The van der Waals surface area contributed by atoms with Crippen LogP contribution in [0.25, 0.3) is 0 Å². The molecule has 0 aliphatic carbocycles. The lowest BCUT2D eigenvalue weighted by Crippen LogP contribution is -2.39. The van der Waals surface area contributed by atoms with Crippen LogP contribution in [0.2, 0.25) is 0 Å². The second kappa shape index (κ2) is 11.4. The van der Waals surface area contributed by atoms with Gasteiger partial charge in [0.25, 0.3) is 0 Å². The van der Waals surface area contributed by atoms with Crippen molar-refractivity contribution in [2.45, 2.75) is 13.1 Å². The lowest BCUT2D eigenvalue weighted by atomic mass is 10.1. The molecular formula is C29H32N4O5. The van der Waals surface area contributed by atoms with Crippen molar-refractivity contribution in [3.63, 3.8) is 0 Å². The Labute approximate surface area is 222 Å². The monoisotopic (exact) mass is 516 g/mol. The molecule has 2 heterocycles. The van der Waals surface area contributed by atoms with Gasteiger partial charge < -0.3 is 23.8 Å². The molecule has 3 aromatic rings. The van der Waals surface area contributed by atoms with E-state index in [1.54, 1.807) is 21.1 Å². The highest BCUT2D eigenvalue weighted by Gasteiger charge is 2.41. The Morgan fingerprint density at radius 1 is 0.895 bits per heavy atom. The standard InChI is InChI=1S/C29H32N4O5/c1-4-38-29(34)27-30-33(24-8-6-5-7-9-24)28(21-10-15-25(35-2)26(20-21)36-3)32(27)23-13-11-22(12-14-23)31-16-18-37-19-17-31/h5-15,20,28H,4,16-19H2,1-3H3/t28-/m0/s1. The van der Waals surface area contributed by atoms with Crippen LogP contribution >= 0.6 is 0 Å². The quantitative estimate of drug-likeness (QED) is 0.407. The number of anilines is 3. The number of amidine groups is 1. The summed E-state index contributed by atoms with van der Waals surface area (Å²) in [6, 6.07) is 23.7. The second-order valence-corrected chi connectivity index (χ2v) is 8.80. The molecule has 9 nitrogen and oxygen atoms in total. The van der Waals surface area contributed by atoms with Crippen molar-refractivity contribution >= 4 is 28.9 Å². The summed E-state index contributed by atoms with van der Waals surface area (Å²) < 4.78 is 22.0. The number of rotatable bonds is 8. The van der Waals surface area contributed by atoms with Crippen molar-refractivity contribution in [2.75, 3.05) is 61.9 Å². The number of hydrazone groups is 1. The second-order valence-electron chi connectivity index (χ2n) is 8.80. The third kappa shape index (κ3) is 4.97. The largest absolute Gasteiger partial charge is 0.493 e. The molecule has 1 saturated heterocycles. The number of hydrogen-bond acceptors (Lipinski definition) is 9. The minimum absolute atomic E-state index is 0.203. The zero-order chi connectivity index (χ0) is 26.5. The van der Waals surface area contributed by atoms with E-state index < -0.39 is 12.1 Å². The van der Waals surface area contributed by atoms with Crippen LogP contribution in [-0.2, 0) is 14.3 Å². The molecule has 3 aromatic carbocycles. The van der Waals surface area contributed by atoms with Gasteiger partial charge in [-0.25, -0.2) is 9.80 Å². The van der Waals surface area contributed by atoms with Crippen LogP contribution in [0.15, 0.2) is 77.9 Å². The number of morpholine rings is 1. The van der Waals surface area contributed by atoms with E-state index in [9.17, 15) is 4.79 Å². The van der Waals surface area contributed by atoms with Crippen molar-refractivity contribution in [2.24, 2.45) is 5.10 Å². The molecule has 0 N–H and O–H groups in total. The summed E-state index contributed by atoms with van der Waals surface area (Å²) in [6.07, 6.45) is -0.481. The van der Waals surface area contributed by atoms with Gasteiger partial charge in [0.15, 0.2) is 17.7 Å². The molecule has 0 spiro atoms. The Morgan fingerprint density at radius 3 is 2.24 bits per heavy atom. The first-order chi connectivity index (χ1) is 18.6. The number of hydrogen-bond donors (Lipinski definition) is 0. The van der Waals surface area contributed by atoms with Crippen LogP contribution in [0, 0.1) is 0 Å². The number of carbonyl (C=O) groups is 1. The normalized spacial score (nSPS) is 17.3. The zero-order valence-electron chi connectivity index (χ0n) is 21.9. The van der Waals surface area contributed by atoms with E-state index in [1.807, 2.05) is 70.6 Å². The molecule has 9 heteroatoms. The molecule has 5 rings (SSSR count). The van der Waals surface area contributed by atoms with E-state index in [4.69, 9.17) is 24.0 Å². The third-order valence-electron chi connectivity index (χ3n) is 6.60. The molecule has 0 aromatic heterocycles. The number of ether oxygens (including phenoxy) is 4. The summed E-state index contributed by atoms with van der Waals surface area (Å²) in [6.45, 7) is 5.13. The molecule has 0 radical (unpaired) electrons. The molecule has 0 saturated carbocycles. The lowest BCUT2D eigenvalue weighted by molar-refractivity contribution is -0.135. The molecule has 198 valence electrons. The van der Waals surface area contributed by atoms with E-state index in [1.165, 1.54) is 0 Å². The Bertz CT molecular complexity index is 1280. The fourth-order valence-corrected chi connectivity index (χ4v) is 4.76. The Hall–Kier alpha value is -4.24. The summed E-state index contributed by atoms with van der Waals surface area (Å²) in [7, 11) is 3.21. The van der Waals surface area contributed by atoms with Crippen LogP contribution in [0.3, 0.4) is 0 Å². The number of esters is 1. The Morgan fingerprint density at radius 2 is 1.58 bits per heavy atom. The van der Waals surface area contributed by atoms with E-state index in [2.05, 4.69) is 17.0 Å². The fourth-order valence-electron chi connectivity index (χ4n) is 4.76. The van der Waals surface area contributed by atoms with Crippen molar-refractivity contribution in [1.29, 1.82) is 0 Å². The third-order valence-corrected chi connectivity index (χ3v) is 6.60. The average molecular weight is 517 g/mol. The van der Waals surface area contributed by atoms with Gasteiger partial charge in [0.1, 0.15) is 0 Å². The predicted octanol–water partition coefficient (Wildman–Crippen LogP) is 4.44. The van der Waals surface area contributed by atoms with E-state index in [0.717, 1.165) is 35.7 Å². The lowest BCUT2D eigenvalue weighted by Gasteiger charge is -2.33. The fraction of sp³-hybridized carbons (Fsp3) is 0.310. The molecule has 38 heavy (non-hydrogen) atoms. The van der Waals surface area contributed by atoms with Gasteiger partial charge in [-0.15, -0.1) is 5.10 Å². The number of para-hydroxylation sites is 1. The van der Waals surface area contributed by atoms with Crippen LogP contribution < -0.4 is 24.3 Å². The maximum Gasteiger partial charge on any atom is 0.376 e. The maximum absolute atomic E-state index is 13.2. The minimum Gasteiger partial charge on any atom is -0.493 e. The molecule has 2 aliphatic rings. The van der Waals surface area contributed by atoms with Gasteiger partial charge in [-0.1, -0.05) is 24.3 Å². The first-order valence-corrected chi connectivity index (χ1v) is 12.7. The first-order valence-electron chi connectivity index (χ1n) is 12.7. The van der Waals surface area contributed by atoms with Crippen molar-refractivity contribution in [1.82, 2.24) is 0 Å². The molecule has 0 amide bonds. The number of carbonyl (C=O) groups excluding carboxylic acids is 1. The Balaban J connectivity index is 1.61. The smallest absolute Gasteiger partial charge is 0.376 e. The number of benzene rings is 3.